The number of thioether (sulfide) groups is 1. The molecule has 0 aliphatic carbocycles. The number of hydrogen-bond acceptors (Lipinski definition) is 4. The van der Waals surface area contributed by atoms with Gasteiger partial charge in [0.25, 0.3) is 5.91 Å². The van der Waals surface area contributed by atoms with E-state index in [9.17, 15) is 4.79 Å². The molecular formula is C9H10N2O2S. The fourth-order valence-electron chi connectivity index (χ4n) is 0.965. The first-order valence-electron chi connectivity index (χ1n) is 3.89. The summed E-state index contributed by atoms with van der Waals surface area (Å²) in [4.78, 5) is 12.0. The molecule has 0 saturated carbocycles. The highest BCUT2D eigenvalue weighted by Crippen LogP contribution is 2.24. The number of para-hydroxylation sites is 1. The lowest BCUT2D eigenvalue weighted by Gasteiger charge is -2.05. The van der Waals surface area contributed by atoms with Gasteiger partial charge in [0.1, 0.15) is 6.21 Å². The standard InChI is InChI=1S/C9H10N2O2S/c1-14-8-5-3-2-4-7(8)11-9(12)6-10-13/h2-6,13H,1H3,(H,11,12)/b10-6+. The van der Waals surface area contributed by atoms with Gasteiger partial charge in [0.2, 0.25) is 0 Å². The molecule has 0 heterocycles. The minimum Gasteiger partial charge on any atom is -0.411 e. The molecule has 0 fully saturated rings. The SMILES string of the molecule is CSc1ccccc1NC(=O)/C=N/O. The zero-order chi connectivity index (χ0) is 10.4. The van der Waals surface area contributed by atoms with Crippen molar-refractivity contribution in [3.8, 4) is 0 Å². The van der Waals surface area contributed by atoms with E-state index in [2.05, 4.69) is 10.5 Å². The van der Waals surface area contributed by atoms with Crippen molar-refractivity contribution in [2.45, 2.75) is 4.90 Å². The number of carbonyl (C=O) groups is 1. The van der Waals surface area contributed by atoms with Gasteiger partial charge in [-0.15, -0.1) is 11.8 Å². The summed E-state index contributed by atoms with van der Waals surface area (Å²) < 4.78 is 0. The van der Waals surface area contributed by atoms with Crippen molar-refractivity contribution in [3.63, 3.8) is 0 Å². The van der Waals surface area contributed by atoms with Gasteiger partial charge in [0, 0.05) is 4.90 Å². The molecule has 4 nitrogen and oxygen atoms in total. The molecule has 74 valence electrons. The molecule has 2 N–H and O–H groups in total. The van der Waals surface area contributed by atoms with Gasteiger partial charge >= 0.3 is 0 Å². The molecule has 0 aliphatic heterocycles. The van der Waals surface area contributed by atoms with E-state index in [1.165, 1.54) is 11.8 Å². The molecule has 14 heavy (non-hydrogen) atoms. The molecule has 0 aromatic heterocycles. The summed E-state index contributed by atoms with van der Waals surface area (Å²) >= 11 is 1.53. The van der Waals surface area contributed by atoms with E-state index in [1.54, 1.807) is 6.07 Å². The Labute approximate surface area is 86.0 Å². The van der Waals surface area contributed by atoms with Crippen molar-refractivity contribution in [2.75, 3.05) is 11.6 Å². The normalized spacial score (nSPS) is 10.4. The van der Waals surface area contributed by atoms with Gasteiger partial charge in [-0.25, -0.2) is 0 Å². The van der Waals surface area contributed by atoms with Crippen molar-refractivity contribution in [3.05, 3.63) is 24.3 Å². The summed E-state index contributed by atoms with van der Waals surface area (Å²) in [7, 11) is 0. The number of oxime groups is 1. The third-order valence-corrected chi connectivity index (χ3v) is 2.34. The largest absolute Gasteiger partial charge is 0.411 e. The maximum Gasteiger partial charge on any atom is 0.270 e. The summed E-state index contributed by atoms with van der Waals surface area (Å²) in [5.41, 5.74) is 0.713. The number of hydrogen-bond donors (Lipinski definition) is 2. The molecule has 0 aliphatic rings. The fourth-order valence-corrected chi connectivity index (χ4v) is 1.52. The molecule has 1 amide bonds. The number of benzene rings is 1. The van der Waals surface area contributed by atoms with Crippen molar-refractivity contribution in [1.82, 2.24) is 0 Å². The van der Waals surface area contributed by atoms with E-state index in [0.29, 0.717) is 5.69 Å². The Hall–Kier alpha value is -1.49. The average Bonchev–Trinajstić information content (AvgIpc) is 2.19. The third kappa shape index (κ3) is 2.77. The monoisotopic (exact) mass is 210 g/mol. The summed E-state index contributed by atoms with van der Waals surface area (Å²) in [6, 6.07) is 7.40. The van der Waals surface area contributed by atoms with Crippen LogP contribution in [-0.2, 0) is 4.79 Å². The highest BCUT2D eigenvalue weighted by Gasteiger charge is 2.02. The summed E-state index contributed by atoms with van der Waals surface area (Å²) in [5.74, 6) is -0.450. The molecule has 0 atom stereocenters. The van der Waals surface area contributed by atoms with Gasteiger partial charge in [-0.1, -0.05) is 17.3 Å². The number of nitrogens with zero attached hydrogens (tertiary/aromatic N) is 1. The maximum atomic E-state index is 11.1. The molecule has 5 heteroatoms. The zero-order valence-electron chi connectivity index (χ0n) is 7.60. The first kappa shape index (κ1) is 10.6. The van der Waals surface area contributed by atoms with E-state index in [0.717, 1.165) is 11.1 Å². The quantitative estimate of drug-likeness (QED) is 0.346. The number of carbonyl (C=O) groups excluding carboxylic acids is 1. The minimum absolute atomic E-state index is 0.450. The molecule has 0 spiro atoms. The Morgan fingerprint density at radius 2 is 2.29 bits per heavy atom. The highest BCUT2D eigenvalue weighted by atomic mass is 32.2. The van der Waals surface area contributed by atoms with Crippen LogP contribution in [0.2, 0.25) is 0 Å². The van der Waals surface area contributed by atoms with Crippen LogP contribution in [0.1, 0.15) is 0 Å². The molecule has 0 unspecified atom stereocenters. The van der Waals surface area contributed by atoms with E-state index < -0.39 is 5.91 Å². The van der Waals surface area contributed by atoms with Crippen molar-refractivity contribution >= 4 is 29.6 Å². The van der Waals surface area contributed by atoms with Gasteiger partial charge < -0.3 is 10.5 Å². The van der Waals surface area contributed by atoms with Crippen LogP contribution >= 0.6 is 11.8 Å². The van der Waals surface area contributed by atoms with Crippen LogP contribution in [0, 0.1) is 0 Å². The van der Waals surface area contributed by atoms with E-state index >= 15 is 0 Å². The Balaban J connectivity index is 2.80. The first-order valence-corrected chi connectivity index (χ1v) is 5.12. The van der Waals surface area contributed by atoms with Crippen LogP contribution in [0.4, 0.5) is 5.69 Å². The minimum atomic E-state index is -0.450. The Kier molecular flexibility index (Phi) is 4.00. The van der Waals surface area contributed by atoms with Crippen molar-refractivity contribution in [1.29, 1.82) is 0 Å². The molecular weight excluding hydrogens is 200 g/mol. The van der Waals surface area contributed by atoms with Gasteiger partial charge in [0.15, 0.2) is 0 Å². The Bertz CT molecular complexity index is 352. The predicted molar refractivity (Wildman–Crippen MR) is 57.1 cm³/mol. The lowest BCUT2D eigenvalue weighted by atomic mass is 10.3. The van der Waals surface area contributed by atoms with E-state index in [1.807, 2.05) is 24.5 Å². The predicted octanol–water partition coefficient (Wildman–Crippen LogP) is 1.81. The van der Waals surface area contributed by atoms with E-state index in [-0.39, 0.29) is 0 Å². The van der Waals surface area contributed by atoms with Crippen LogP contribution in [0.3, 0.4) is 0 Å². The first-order chi connectivity index (χ1) is 6.77. The summed E-state index contributed by atoms with van der Waals surface area (Å²) in [6.45, 7) is 0. The molecule has 0 radical (unpaired) electrons. The molecule has 1 aromatic rings. The van der Waals surface area contributed by atoms with Crippen molar-refractivity contribution in [2.24, 2.45) is 5.16 Å². The molecule has 1 aromatic carbocycles. The Morgan fingerprint density at radius 3 is 2.93 bits per heavy atom. The highest BCUT2D eigenvalue weighted by molar-refractivity contribution is 7.98. The van der Waals surface area contributed by atoms with Gasteiger partial charge in [-0.2, -0.15) is 0 Å². The van der Waals surface area contributed by atoms with Crippen LogP contribution < -0.4 is 5.32 Å². The van der Waals surface area contributed by atoms with Crippen molar-refractivity contribution < 1.29 is 10.0 Å². The maximum absolute atomic E-state index is 11.1. The average molecular weight is 210 g/mol. The van der Waals surface area contributed by atoms with Crippen LogP contribution in [0.5, 0.6) is 0 Å². The second kappa shape index (κ2) is 5.29. The third-order valence-electron chi connectivity index (χ3n) is 1.54. The Morgan fingerprint density at radius 1 is 1.57 bits per heavy atom. The van der Waals surface area contributed by atoms with Crippen LogP contribution in [0.15, 0.2) is 34.3 Å². The lowest BCUT2D eigenvalue weighted by molar-refractivity contribution is -0.110. The van der Waals surface area contributed by atoms with E-state index in [4.69, 9.17) is 5.21 Å². The van der Waals surface area contributed by atoms with Gasteiger partial charge in [0.05, 0.1) is 5.69 Å². The molecule has 1 rings (SSSR count). The smallest absolute Gasteiger partial charge is 0.270 e. The number of anilines is 1. The fraction of sp³-hybridized carbons (Fsp3) is 0.111. The molecule has 0 bridgehead atoms. The number of rotatable bonds is 3. The topological polar surface area (TPSA) is 61.7 Å². The second-order valence-corrected chi connectivity index (χ2v) is 3.28. The van der Waals surface area contributed by atoms with Gasteiger partial charge in [-0.05, 0) is 18.4 Å². The van der Waals surface area contributed by atoms with Crippen LogP contribution in [0.25, 0.3) is 0 Å². The summed E-state index contributed by atoms with van der Waals surface area (Å²) in [5, 5.41) is 13.4. The van der Waals surface area contributed by atoms with Gasteiger partial charge in [-0.3, -0.25) is 4.79 Å². The zero-order valence-corrected chi connectivity index (χ0v) is 8.41. The molecule has 0 saturated heterocycles. The summed E-state index contributed by atoms with van der Waals surface area (Å²) in [6.07, 6.45) is 2.74. The lowest BCUT2D eigenvalue weighted by Crippen LogP contribution is -2.12. The van der Waals surface area contributed by atoms with Crippen LogP contribution in [-0.4, -0.2) is 23.6 Å². The number of amides is 1. The number of nitrogens with one attached hydrogen (secondary N) is 1. The second-order valence-electron chi connectivity index (χ2n) is 2.43.